The van der Waals surface area contributed by atoms with Crippen molar-refractivity contribution in [2.75, 3.05) is 13.1 Å². The Morgan fingerprint density at radius 3 is 2.84 bits per heavy atom. The fourth-order valence-electron chi connectivity index (χ4n) is 3.38. The lowest BCUT2D eigenvalue weighted by molar-refractivity contribution is -0.143. The third-order valence-corrected chi connectivity index (χ3v) is 7.34. The lowest BCUT2D eigenvalue weighted by Crippen LogP contribution is -2.41. The molecule has 7 heteroatoms. The van der Waals surface area contributed by atoms with Gasteiger partial charge in [0.05, 0.1) is 26.0 Å². The van der Waals surface area contributed by atoms with Gasteiger partial charge in [-0.3, -0.25) is 9.69 Å². The molecular weight excluding hydrogens is 420 g/mol. The van der Waals surface area contributed by atoms with Gasteiger partial charge in [0, 0.05) is 11.4 Å². The summed E-state index contributed by atoms with van der Waals surface area (Å²) < 4.78 is 2.25. The van der Waals surface area contributed by atoms with Crippen molar-refractivity contribution in [1.82, 2.24) is 9.88 Å². The van der Waals surface area contributed by atoms with Gasteiger partial charge in [-0.2, -0.15) is 0 Å². The predicted molar refractivity (Wildman–Crippen MR) is 105 cm³/mol. The minimum Gasteiger partial charge on any atom is -0.481 e. The number of carboxylic acid groups (broad SMARTS) is 1. The normalized spacial score (nSPS) is 20.0. The van der Waals surface area contributed by atoms with Gasteiger partial charge in [-0.1, -0.05) is 12.1 Å². The predicted octanol–water partition coefficient (Wildman–Crippen LogP) is 5.01. The van der Waals surface area contributed by atoms with Crippen molar-refractivity contribution in [3.05, 3.63) is 50.1 Å². The van der Waals surface area contributed by atoms with E-state index in [4.69, 9.17) is 4.98 Å². The van der Waals surface area contributed by atoms with Crippen LogP contribution in [0.3, 0.4) is 0 Å². The largest absolute Gasteiger partial charge is 0.481 e. The van der Waals surface area contributed by atoms with Crippen LogP contribution in [0, 0.1) is 5.92 Å². The standard InChI is InChI=1S/C18H17BrN2O2S2/c19-15-8-7-14(24-15)16(21-9-3-4-11(10-21)18(22)23)17-20-12-5-1-2-6-13(12)25-17/h1-2,5-8,11,16H,3-4,9-10H2,(H,22,23). The molecule has 0 bridgehead atoms. The molecular formula is C18H17BrN2O2S2. The van der Waals surface area contributed by atoms with Crippen LogP contribution in [0.15, 0.2) is 40.2 Å². The number of hydrogen-bond donors (Lipinski definition) is 1. The van der Waals surface area contributed by atoms with Gasteiger partial charge in [0.25, 0.3) is 0 Å². The maximum atomic E-state index is 11.5. The SMILES string of the molecule is O=C(O)C1CCCN(C(c2ccc(Br)s2)c2nc3ccccc3s2)C1. The fourth-order valence-corrected chi connectivity index (χ4v) is 6.14. The molecule has 4 nitrogen and oxygen atoms in total. The van der Waals surface area contributed by atoms with Crippen LogP contribution < -0.4 is 0 Å². The van der Waals surface area contributed by atoms with E-state index >= 15 is 0 Å². The summed E-state index contributed by atoms with van der Waals surface area (Å²) in [5.74, 6) is -0.992. The Kier molecular flexibility index (Phi) is 4.90. The summed E-state index contributed by atoms with van der Waals surface area (Å²) in [5.41, 5.74) is 1.01. The van der Waals surface area contributed by atoms with E-state index in [2.05, 4.69) is 39.0 Å². The number of likely N-dealkylation sites (tertiary alicyclic amines) is 1. The van der Waals surface area contributed by atoms with Gasteiger partial charge in [0.2, 0.25) is 0 Å². The number of benzene rings is 1. The Morgan fingerprint density at radius 2 is 2.12 bits per heavy atom. The Morgan fingerprint density at radius 1 is 1.28 bits per heavy atom. The molecule has 1 aliphatic heterocycles. The van der Waals surface area contributed by atoms with Crippen LogP contribution in [0.2, 0.25) is 0 Å². The Balaban J connectivity index is 1.75. The maximum absolute atomic E-state index is 11.5. The van der Waals surface area contributed by atoms with E-state index in [0.717, 1.165) is 33.7 Å². The molecule has 2 unspecified atom stereocenters. The summed E-state index contributed by atoms with van der Waals surface area (Å²) in [6.07, 6.45) is 1.66. The van der Waals surface area contributed by atoms with Crippen molar-refractivity contribution in [2.45, 2.75) is 18.9 Å². The molecule has 1 N–H and O–H groups in total. The maximum Gasteiger partial charge on any atom is 0.307 e. The molecule has 1 saturated heterocycles. The first-order valence-corrected chi connectivity index (χ1v) is 10.6. The summed E-state index contributed by atoms with van der Waals surface area (Å²) in [6, 6.07) is 12.4. The number of thiophene rings is 1. The fraction of sp³-hybridized carbons (Fsp3) is 0.333. The molecule has 0 amide bonds. The van der Waals surface area contributed by atoms with Gasteiger partial charge in [-0.15, -0.1) is 22.7 Å². The average molecular weight is 437 g/mol. The number of aromatic nitrogens is 1. The van der Waals surface area contributed by atoms with Crippen LogP contribution in [0.5, 0.6) is 0 Å². The van der Waals surface area contributed by atoms with Crippen LogP contribution in [0.25, 0.3) is 10.2 Å². The van der Waals surface area contributed by atoms with Crippen LogP contribution in [-0.2, 0) is 4.79 Å². The lowest BCUT2D eigenvalue weighted by Gasteiger charge is -2.35. The average Bonchev–Trinajstić information content (AvgIpc) is 3.21. The van der Waals surface area contributed by atoms with Gasteiger partial charge in [0.15, 0.2) is 0 Å². The minimum absolute atomic E-state index is 0.0239. The van der Waals surface area contributed by atoms with Crippen molar-refractivity contribution in [2.24, 2.45) is 5.92 Å². The highest BCUT2D eigenvalue weighted by atomic mass is 79.9. The zero-order chi connectivity index (χ0) is 17.4. The number of thiazole rings is 1. The molecule has 0 saturated carbocycles. The highest BCUT2D eigenvalue weighted by molar-refractivity contribution is 9.11. The Bertz CT molecular complexity index is 874. The number of halogens is 1. The third kappa shape index (κ3) is 3.51. The number of nitrogens with zero attached hydrogens (tertiary/aromatic N) is 2. The first-order chi connectivity index (χ1) is 12.1. The van der Waals surface area contributed by atoms with E-state index < -0.39 is 5.97 Å². The number of carbonyl (C=O) groups is 1. The van der Waals surface area contributed by atoms with Gasteiger partial charge in [0.1, 0.15) is 5.01 Å². The molecule has 1 aromatic carbocycles. The quantitative estimate of drug-likeness (QED) is 0.624. The molecule has 130 valence electrons. The van der Waals surface area contributed by atoms with Crippen molar-refractivity contribution < 1.29 is 9.90 Å². The van der Waals surface area contributed by atoms with Crippen molar-refractivity contribution in [1.29, 1.82) is 0 Å². The van der Waals surface area contributed by atoms with E-state index in [9.17, 15) is 9.90 Å². The molecule has 3 heterocycles. The third-order valence-electron chi connectivity index (χ3n) is 4.58. The van der Waals surface area contributed by atoms with E-state index in [1.165, 1.54) is 9.58 Å². The molecule has 1 aliphatic rings. The minimum atomic E-state index is -0.694. The summed E-state index contributed by atoms with van der Waals surface area (Å²) in [6.45, 7) is 1.48. The van der Waals surface area contributed by atoms with Gasteiger partial charge >= 0.3 is 5.97 Å². The van der Waals surface area contributed by atoms with Crippen molar-refractivity contribution >= 4 is 54.8 Å². The van der Waals surface area contributed by atoms with Crippen LogP contribution in [0.4, 0.5) is 0 Å². The smallest absolute Gasteiger partial charge is 0.307 e. The van der Waals surface area contributed by atoms with Gasteiger partial charge in [-0.05, 0) is 59.6 Å². The van der Waals surface area contributed by atoms with Crippen LogP contribution in [0.1, 0.15) is 28.8 Å². The van der Waals surface area contributed by atoms with Crippen LogP contribution in [-0.4, -0.2) is 34.0 Å². The summed E-state index contributed by atoms with van der Waals surface area (Å²) in [5, 5.41) is 10.5. The van der Waals surface area contributed by atoms with E-state index in [-0.39, 0.29) is 12.0 Å². The van der Waals surface area contributed by atoms with E-state index in [1.807, 2.05) is 18.2 Å². The second-order valence-electron chi connectivity index (χ2n) is 6.24. The summed E-state index contributed by atoms with van der Waals surface area (Å²) in [4.78, 5) is 19.9. The number of para-hydroxylation sites is 1. The molecule has 0 radical (unpaired) electrons. The van der Waals surface area contributed by atoms with Gasteiger partial charge in [-0.25, -0.2) is 4.98 Å². The second kappa shape index (κ2) is 7.15. The number of aliphatic carboxylic acids is 1. The van der Waals surface area contributed by atoms with Crippen molar-refractivity contribution in [3.63, 3.8) is 0 Å². The Hall–Kier alpha value is -1.28. The molecule has 2 atom stereocenters. The monoisotopic (exact) mass is 436 g/mol. The zero-order valence-electron chi connectivity index (χ0n) is 13.4. The summed E-state index contributed by atoms with van der Waals surface area (Å²) >= 11 is 6.96. The lowest BCUT2D eigenvalue weighted by atomic mass is 9.96. The number of piperidine rings is 1. The van der Waals surface area contributed by atoms with E-state index in [1.54, 1.807) is 22.7 Å². The first kappa shape index (κ1) is 17.1. The number of rotatable bonds is 4. The highest BCUT2D eigenvalue weighted by Gasteiger charge is 2.33. The molecule has 1 fully saturated rings. The topological polar surface area (TPSA) is 53.4 Å². The van der Waals surface area contributed by atoms with Crippen molar-refractivity contribution in [3.8, 4) is 0 Å². The molecule has 0 spiro atoms. The molecule has 2 aromatic heterocycles. The number of carboxylic acids is 1. The number of fused-ring (bicyclic) bond motifs is 1. The number of hydrogen-bond acceptors (Lipinski definition) is 5. The summed E-state index contributed by atoms with van der Waals surface area (Å²) in [7, 11) is 0. The highest BCUT2D eigenvalue weighted by Crippen LogP contribution is 2.40. The first-order valence-electron chi connectivity index (χ1n) is 8.19. The molecule has 3 aromatic rings. The van der Waals surface area contributed by atoms with Gasteiger partial charge < -0.3 is 5.11 Å². The second-order valence-corrected chi connectivity index (χ2v) is 9.79. The molecule has 4 rings (SSSR count). The van der Waals surface area contributed by atoms with Crippen LogP contribution >= 0.6 is 38.6 Å². The Labute approximate surface area is 162 Å². The van der Waals surface area contributed by atoms with E-state index in [0.29, 0.717) is 6.54 Å². The molecule has 25 heavy (non-hydrogen) atoms. The molecule has 0 aliphatic carbocycles. The zero-order valence-corrected chi connectivity index (χ0v) is 16.6.